The largest absolute Gasteiger partial charge is 0.361 e. The molecule has 1 aliphatic heterocycles. The fourth-order valence-electron chi connectivity index (χ4n) is 3.13. The number of hydrogen-bond donors (Lipinski definition) is 2. The van der Waals surface area contributed by atoms with Gasteiger partial charge < -0.3 is 10.3 Å². The number of piperazine rings is 1. The zero-order chi connectivity index (χ0) is 13.3. The molecule has 0 spiro atoms. The van der Waals surface area contributed by atoms with Gasteiger partial charge in [-0.3, -0.25) is 4.90 Å². The Balaban J connectivity index is 1.83. The number of fused-ring (bicyclic) bond motifs is 1. The average Bonchev–Trinajstić information content (AvgIpc) is 2.83. The van der Waals surface area contributed by atoms with Crippen molar-refractivity contribution in [2.75, 3.05) is 26.2 Å². The number of aromatic nitrogens is 1. The van der Waals surface area contributed by atoms with Crippen LogP contribution in [0.1, 0.15) is 19.4 Å². The fourth-order valence-corrected chi connectivity index (χ4v) is 3.13. The van der Waals surface area contributed by atoms with Crippen LogP contribution in [0.25, 0.3) is 10.9 Å². The summed E-state index contributed by atoms with van der Waals surface area (Å²) in [5.74, 6) is 0. The molecule has 0 atom stereocenters. The Morgan fingerprint density at radius 2 is 1.89 bits per heavy atom. The first-order valence-corrected chi connectivity index (χ1v) is 7.17. The molecule has 0 saturated carbocycles. The van der Waals surface area contributed by atoms with Crippen molar-refractivity contribution >= 4 is 10.9 Å². The molecule has 3 nitrogen and oxygen atoms in total. The predicted octanol–water partition coefficient (Wildman–Crippen LogP) is 2.39. The van der Waals surface area contributed by atoms with Crippen LogP contribution in [0, 0.1) is 0 Å². The van der Waals surface area contributed by atoms with Crippen LogP contribution in [0.4, 0.5) is 0 Å². The number of benzene rings is 1. The van der Waals surface area contributed by atoms with Crippen molar-refractivity contribution in [3.8, 4) is 0 Å². The van der Waals surface area contributed by atoms with Crippen molar-refractivity contribution in [2.24, 2.45) is 0 Å². The van der Waals surface area contributed by atoms with Crippen LogP contribution >= 0.6 is 0 Å². The lowest BCUT2D eigenvalue weighted by atomic mass is 9.92. The molecule has 3 rings (SSSR count). The number of para-hydroxylation sites is 1. The number of rotatable bonds is 3. The summed E-state index contributed by atoms with van der Waals surface area (Å²) in [6.07, 6.45) is 3.27. The lowest BCUT2D eigenvalue weighted by Gasteiger charge is -2.41. The molecule has 1 saturated heterocycles. The van der Waals surface area contributed by atoms with Gasteiger partial charge in [-0.05, 0) is 31.9 Å². The minimum Gasteiger partial charge on any atom is -0.361 e. The number of hydrogen-bond acceptors (Lipinski definition) is 2. The molecule has 0 radical (unpaired) electrons. The molecular weight excluding hydrogens is 234 g/mol. The number of aromatic amines is 1. The van der Waals surface area contributed by atoms with Gasteiger partial charge in [0.25, 0.3) is 0 Å². The maximum absolute atomic E-state index is 3.43. The fraction of sp³-hybridized carbons (Fsp3) is 0.500. The summed E-state index contributed by atoms with van der Waals surface area (Å²) in [7, 11) is 0. The van der Waals surface area contributed by atoms with E-state index in [1.165, 1.54) is 16.5 Å². The quantitative estimate of drug-likeness (QED) is 0.884. The monoisotopic (exact) mass is 257 g/mol. The Morgan fingerprint density at radius 1 is 1.16 bits per heavy atom. The van der Waals surface area contributed by atoms with Crippen molar-refractivity contribution in [2.45, 2.75) is 25.8 Å². The second kappa shape index (κ2) is 4.99. The summed E-state index contributed by atoms with van der Waals surface area (Å²) in [6.45, 7) is 9.24. The highest BCUT2D eigenvalue weighted by Gasteiger charge is 2.28. The number of nitrogens with one attached hydrogen (secondary N) is 2. The van der Waals surface area contributed by atoms with Crippen LogP contribution in [0.5, 0.6) is 0 Å². The minimum atomic E-state index is 0.215. The average molecular weight is 257 g/mol. The molecule has 0 amide bonds. The molecule has 102 valence electrons. The van der Waals surface area contributed by atoms with Gasteiger partial charge in [0.05, 0.1) is 0 Å². The van der Waals surface area contributed by atoms with E-state index in [2.05, 4.69) is 59.5 Å². The smallest absolute Gasteiger partial charge is 0.0456 e. The maximum atomic E-state index is 3.43. The van der Waals surface area contributed by atoms with Gasteiger partial charge in [0.15, 0.2) is 0 Å². The lowest BCUT2D eigenvalue weighted by molar-refractivity contribution is 0.104. The normalized spacial score (nSPS) is 18.0. The molecular formula is C16H23N3. The lowest BCUT2D eigenvalue weighted by Crippen LogP contribution is -2.54. The first-order valence-electron chi connectivity index (χ1n) is 7.17. The van der Waals surface area contributed by atoms with Crippen molar-refractivity contribution in [1.29, 1.82) is 0 Å². The third-order valence-electron chi connectivity index (χ3n) is 4.27. The Kier molecular flexibility index (Phi) is 3.33. The number of nitrogens with zero attached hydrogens (tertiary/aromatic N) is 1. The molecule has 0 bridgehead atoms. The van der Waals surface area contributed by atoms with Gasteiger partial charge in [0.2, 0.25) is 0 Å². The summed E-state index contributed by atoms with van der Waals surface area (Å²) in [4.78, 5) is 5.99. The second-order valence-electron chi connectivity index (χ2n) is 6.09. The van der Waals surface area contributed by atoms with Crippen LogP contribution in [-0.4, -0.2) is 41.6 Å². The zero-order valence-corrected chi connectivity index (χ0v) is 11.9. The van der Waals surface area contributed by atoms with Gasteiger partial charge in [-0.1, -0.05) is 18.2 Å². The minimum absolute atomic E-state index is 0.215. The molecule has 1 fully saturated rings. The Bertz CT molecular complexity index is 550. The Hall–Kier alpha value is -1.32. The highest BCUT2D eigenvalue weighted by molar-refractivity contribution is 5.83. The third kappa shape index (κ3) is 2.53. The van der Waals surface area contributed by atoms with Gasteiger partial charge in [0.1, 0.15) is 0 Å². The van der Waals surface area contributed by atoms with Gasteiger partial charge in [-0.2, -0.15) is 0 Å². The van der Waals surface area contributed by atoms with Crippen molar-refractivity contribution < 1.29 is 0 Å². The summed E-state index contributed by atoms with van der Waals surface area (Å²) in [5, 5.41) is 4.79. The van der Waals surface area contributed by atoms with E-state index in [0.717, 1.165) is 32.6 Å². The van der Waals surface area contributed by atoms with Crippen LogP contribution in [0.15, 0.2) is 30.5 Å². The van der Waals surface area contributed by atoms with E-state index in [9.17, 15) is 0 Å². The molecule has 1 aliphatic rings. The molecule has 19 heavy (non-hydrogen) atoms. The van der Waals surface area contributed by atoms with Crippen molar-refractivity contribution in [1.82, 2.24) is 15.2 Å². The summed E-state index contributed by atoms with van der Waals surface area (Å²) < 4.78 is 0. The first kappa shape index (κ1) is 12.7. The van der Waals surface area contributed by atoms with Crippen molar-refractivity contribution in [3.63, 3.8) is 0 Å². The molecule has 2 N–H and O–H groups in total. The third-order valence-corrected chi connectivity index (χ3v) is 4.27. The highest BCUT2D eigenvalue weighted by atomic mass is 15.2. The summed E-state index contributed by atoms with van der Waals surface area (Å²) in [5.41, 5.74) is 2.89. The molecule has 3 heteroatoms. The summed E-state index contributed by atoms with van der Waals surface area (Å²) in [6, 6.07) is 8.58. The van der Waals surface area contributed by atoms with Crippen molar-refractivity contribution in [3.05, 3.63) is 36.0 Å². The van der Waals surface area contributed by atoms with Crippen LogP contribution in [0.3, 0.4) is 0 Å². The topological polar surface area (TPSA) is 31.1 Å². The Labute approximate surface area is 115 Å². The van der Waals surface area contributed by atoms with Crippen LogP contribution < -0.4 is 5.32 Å². The van der Waals surface area contributed by atoms with Gasteiger partial charge >= 0.3 is 0 Å². The maximum Gasteiger partial charge on any atom is 0.0456 e. The number of H-pyrrole nitrogens is 1. The molecule has 0 unspecified atom stereocenters. The zero-order valence-electron chi connectivity index (χ0n) is 11.9. The van der Waals surface area contributed by atoms with Gasteiger partial charge in [0, 0.05) is 48.8 Å². The van der Waals surface area contributed by atoms with E-state index in [4.69, 9.17) is 0 Å². The van der Waals surface area contributed by atoms with E-state index in [1.807, 2.05) is 0 Å². The molecule has 2 heterocycles. The predicted molar refractivity (Wildman–Crippen MR) is 80.5 cm³/mol. The first-order chi connectivity index (χ1) is 9.17. The van der Waals surface area contributed by atoms with E-state index < -0.39 is 0 Å². The summed E-state index contributed by atoms with van der Waals surface area (Å²) >= 11 is 0. The van der Waals surface area contributed by atoms with E-state index in [0.29, 0.717) is 0 Å². The van der Waals surface area contributed by atoms with Gasteiger partial charge in [-0.15, -0.1) is 0 Å². The molecule has 1 aromatic carbocycles. The Morgan fingerprint density at radius 3 is 2.68 bits per heavy atom. The SMILES string of the molecule is CC(C)(Cc1c[nH]c2ccccc12)N1CCNCC1. The van der Waals surface area contributed by atoms with Crippen LogP contribution in [0.2, 0.25) is 0 Å². The molecule has 0 aliphatic carbocycles. The van der Waals surface area contributed by atoms with Gasteiger partial charge in [-0.25, -0.2) is 0 Å². The standard InChI is InChI=1S/C16H23N3/c1-16(2,19-9-7-17-8-10-19)11-13-12-18-15-6-4-3-5-14(13)15/h3-6,12,17-18H,7-11H2,1-2H3. The second-order valence-corrected chi connectivity index (χ2v) is 6.09. The van der Waals surface area contributed by atoms with E-state index in [1.54, 1.807) is 0 Å². The molecule has 2 aromatic rings. The van der Waals surface area contributed by atoms with E-state index in [-0.39, 0.29) is 5.54 Å². The van der Waals surface area contributed by atoms with Crippen LogP contribution in [-0.2, 0) is 6.42 Å². The molecule has 1 aromatic heterocycles. The highest BCUT2D eigenvalue weighted by Crippen LogP contribution is 2.26. The van der Waals surface area contributed by atoms with E-state index >= 15 is 0 Å².